The van der Waals surface area contributed by atoms with Crippen molar-refractivity contribution in [3.05, 3.63) is 0 Å². The van der Waals surface area contributed by atoms with Crippen LogP contribution in [0.3, 0.4) is 0 Å². The molecule has 0 heterocycles. The fourth-order valence-corrected chi connectivity index (χ4v) is 1.91. The quantitative estimate of drug-likeness (QED) is 0.631. The van der Waals surface area contributed by atoms with Gasteiger partial charge in [-0.15, -0.1) is 0 Å². The van der Waals surface area contributed by atoms with Gasteiger partial charge in [0.2, 0.25) is 0 Å². The summed E-state index contributed by atoms with van der Waals surface area (Å²) in [7, 11) is 0. The molecule has 0 radical (unpaired) electrons. The normalized spacial score (nSPS) is 15.4. The summed E-state index contributed by atoms with van der Waals surface area (Å²) in [6, 6.07) is 2.56. The number of aliphatic hydroxyl groups is 1. The topological polar surface area (TPSA) is 56.0 Å². The Morgan fingerprint density at radius 3 is 2.62 bits per heavy atom. The van der Waals surface area contributed by atoms with Crippen LogP contribution in [0.2, 0.25) is 0 Å². The van der Waals surface area contributed by atoms with E-state index in [-0.39, 0.29) is 6.61 Å². The van der Waals surface area contributed by atoms with E-state index in [1.54, 1.807) is 11.8 Å². The number of aliphatic hydroxyl groups excluding tert-OH is 1. The summed E-state index contributed by atoms with van der Waals surface area (Å²) in [5.41, 5.74) is -0.478. The van der Waals surface area contributed by atoms with Crippen LogP contribution in [-0.2, 0) is 0 Å². The van der Waals surface area contributed by atoms with Gasteiger partial charge in [-0.2, -0.15) is 17.0 Å². The van der Waals surface area contributed by atoms with Gasteiger partial charge in [0.15, 0.2) is 0 Å². The first kappa shape index (κ1) is 12.8. The van der Waals surface area contributed by atoms with Gasteiger partial charge in [0.25, 0.3) is 0 Å². The molecular formula is C9H18N2OS. The molecule has 76 valence electrons. The fraction of sp³-hybridized carbons (Fsp3) is 0.889. The molecule has 0 spiro atoms. The zero-order valence-electron chi connectivity index (χ0n) is 8.50. The van der Waals surface area contributed by atoms with E-state index in [0.717, 1.165) is 0 Å². The van der Waals surface area contributed by atoms with Gasteiger partial charge in [0.1, 0.15) is 5.54 Å². The number of hydrogen-bond donors (Lipinski definition) is 2. The Bertz CT molecular complexity index is 179. The molecule has 0 bridgehead atoms. The van der Waals surface area contributed by atoms with Gasteiger partial charge in [0, 0.05) is 17.5 Å². The highest BCUT2D eigenvalue weighted by Gasteiger charge is 2.23. The summed E-state index contributed by atoms with van der Waals surface area (Å²) in [5.74, 6) is 1.40. The Hall–Kier alpha value is -0.240. The molecule has 1 atom stereocenters. The Kier molecular flexibility index (Phi) is 6.13. The molecule has 13 heavy (non-hydrogen) atoms. The van der Waals surface area contributed by atoms with Crippen LogP contribution in [-0.4, -0.2) is 34.8 Å². The molecule has 0 aliphatic rings. The van der Waals surface area contributed by atoms with Crippen LogP contribution in [0.1, 0.15) is 20.8 Å². The van der Waals surface area contributed by atoms with Crippen molar-refractivity contribution in [3.63, 3.8) is 0 Å². The summed E-state index contributed by atoms with van der Waals surface area (Å²) in [4.78, 5) is 0. The van der Waals surface area contributed by atoms with Crippen LogP contribution in [0.25, 0.3) is 0 Å². The van der Waals surface area contributed by atoms with Crippen molar-refractivity contribution in [1.82, 2.24) is 5.32 Å². The maximum absolute atomic E-state index is 8.95. The lowest BCUT2D eigenvalue weighted by Crippen LogP contribution is -2.47. The van der Waals surface area contributed by atoms with E-state index in [2.05, 4.69) is 11.4 Å². The van der Waals surface area contributed by atoms with Gasteiger partial charge in [-0.25, -0.2) is 0 Å². The minimum Gasteiger partial charge on any atom is -0.396 e. The van der Waals surface area contributed by atoms with Crippen LogP contribution in [0, 0.1) is 11.3 Å². The zero-order chi connectivity index (χ0) is 10.3. The molecule has 0 rings (SSSR count). The maximum Gasteiger partial charge on any atom is 0.113 e. The van der Waals surface area contributed by atoms with Crippen molar-refractivity contribution < 1.29 is 5.11 Å². The van der Waals surface area contributed by atoms with E-state index >= 15 is 0 Å². The lowest BCUT2D eigenvalue weighted by Gasteiger charge is -2.25. The first-order valence-corrected chi connectivity index (χ1v) is 5.57. The lowest BCUT2D eigenvalue weighted by atomic mass is 10.1. The third-order valence-corrected chi connectivity index (χ3v) is 2.73. The van der Waals surface area contributed by atoms with E-state index < -0.39 is 5.54 Å². The largest absolute Gasteiger partial charge is 0.396 e. The van der Waals surface area contributed by atoms with E-state index in [9.17, 15) is 0 Å². The number of thioether (sulfide) groups is 1. The Morgan fingerprint density at radius 1 is 1.62 bits per heavy atom. The van der Waals surface area contributed by atoms with Crippen LogP contribution in [0.4, 0.5) is 0 Å². The molecule has 0 aliphatic carbocycles. The Labute approximate surface area is 84.5 Å². The van der Waals surface area contributed by atoms with Gasteiger partial charge in [0.05, 0.1) is 12.7 Å². The number of nitriles is 1. The van der Waals surface area contributed by atoms with Crippen molar-refractivity contribution in [2.75, 3.05) is 18.1 Å². The first-order chi connectivity index (χ1) is 6.04. The smallest absolute Gasteiger partial charge is 0.113 e. The molecule has 0 aromatic rings. The third-order valence-electron chi connectivity index (χ3n) is 1.48. The van der Waals surface area contributed by atoms with E-state index in [1.807, 2.05) is 20.8 Å². The molecular weight excluding hydrogens is 184 g/mol. The van der Waals surface area contributed by atoms with Crippen molar-refractivity contribution in [3.8, 4) is 6.07 Å². The summed E-state index contributed by atoms with van der Waals surface area (Å²) < 4.78 is 0. The molecule has 0 aliphatic heterocycles. The van der Waals surface area contributed by atoms with Gasteiger partial charge in [-0.1, -0.05) is 0 Å². The molecule has 1 unspecified atom stereocenters. The lowest BCUT2D eigenvalue weighted by molar-refractivity contribution is 0.322. The molecule has 0 amide bonds. The minimum absolute atomic E-state index is 0.174. The minimum atomic E-state index is -0.478. The SMILES string of the molecule is CC(C)NC(C)(C#N)CSCCO. The Balaban J connectivity index is 3.91. The average Bonchev–Trinajstić information content (AvgIpc) is 2.04. The number of rotatable bonds is 6. The highest BCUT2D eigenvalue weighted by Crippen LogP contribution is 2.12. The van der Waals surface area contributed by atoms with E-state index in [4.69, 9.17) is 10.4 Å². The molecule has 0 aromatic carbocycles. The van der Waals surface area contributed by atoms with Crippen LogP contribution < -0.4 is 5.32 Å². The second kappa shape index (κ2) is 6.25. The molecule has 0 fully saturated rings. The molecule has 4 heteroatoms. The molecule has 0 saturated heterocycles. The summed E-state index contributed by atoms with van der Waals surface area (Å²) >= 11 is 1.59. The monoisotopic (exact) mass is 202 g/mol. The summed E-state index contributed by atoms with van der Waals surface area (Å²) in [6.07, 6.45) is 0. The van der Waals surface area contributed by atoms with E-state index in [0.29, 0.717) is 17.5 Å². The summed E-state index contributed by atoms with van der Waals surface area (Å²) in [5, 5.41) is 20.7. The molecule has 0 aromatic heterocycles. The third kappa shape index (κ3) is 5.92. The highest BCUT2D eigenvalue weighted by molar-refractivity contribution is 7.99. The molecule has 3 nitrogen and oxygen atoms in total. The standard InChI is InChI=1S/C9H18N2OS/c1-8(2)11-9(3,6-10)7-13-5-4-12/h8,11-12H,4-5,7H2,1-3H3. The van der Waals surface area contributed by atoms with Crippen LogP contribution in [0.15, 0.2) is 0 Å². The zero-order valence-corrected chi connectivity index (χ0v) is 9.32. The first-order valence-electron chi connectivity index (χ1n) is 4.41. The van der Waals surface area contributed by atoms with Gasteiger partial charge < -0.3 is 5.11 Å². The van der Waals surface area contributed by atoms with Crippen molar-refractivity contribution in [2.45, 2.75) is 32.4 Å². The fourth-order valence-electron chi connectivity index (χ4n) is 1.08. The van der Waals surface area contributed by atoms with Crippen LogP contribution >= 0.6 is 11.8 Å². The molecule has 2 N–H and O–H groups in total. The predicted molar refractivity (Wildman–Crippen MR) is 56.7 cm³/mol. The Morgan fingerprint density at radius 2 is 2.23 bits per heavy atom. The van der Waals surface area contributed by atoms with Gasteiger partial charge in [-0.05, 0) is 20.8 Å². The average molecular weight is 202 g/mol. The van der Waals surface area contributed by atoms with Gasteiger partial charge in [-0.3, -0.25) is 5.32 Å². The van der Waals surface area contributed by atoms with Crippen LogP contribution in [0.5, 0.6) is 0 Å². The second-order valence-corrected chi connectivity index (χ2v) is 4.62. The predicted octanol–water partition coefficient (Wildman–Crippen LogP) is 0.992. The highest BCUT2D eigenvalue weighted by atomic mass is 32.2. The molecule has 0 saturated carbocycles. The van der Waals surface area contributed by atoms with Gasteiger partial charge >= 0.3 is 0 Å². The summed E-state index contributed by atoms with van der Waals surface area (Å²) in [6.45, 7) is 6.10. The van der Waals surface area contributed by atoms with Crippen molar-refractivity contribution in [2.24, 2.45) is 0 Å². The van der Waals surface area contributed by atoms with Crippen molar-refractivity contribution >= 4 is 11.8 Å². The second-order valence-electron chi connectivity index (χ2n) is 3.52. The van der Waals surface area contributed by atoms with E-state index in [1.165, 1.54) is 0 Å². The van der Waals surface area contributed by atoms with Crippen molar-refractivity contribution in [1.29, 1.82) is 5.26 Å². The number of nitrogens with one attached hydrogen (secondary N) is 1. The maximum atomic E-state index is 8.95. The number of hydrogen-bond acceptors (Lipinski definition) is 4. The number of nitrogens with zero attached hydrogens (tertiary/aromatic N) is 1.